The van der Waals surface area contributed by atoms with E-state index in [0.29, 0.717) is 37.4 Å². The minimum atomic E-state index is -0.595. The summed E-state index contributed by atoms with van der Waals surface area (Å²) < 4.78 is 9.50. The van der Waals surface area contributed by atoms with Gasteiger partial charge in [-0.3, -0.25) is 14.3 Å². The van der Waals surface area contributed by atoms with Gasteiger partial charge < -0.3 is 4.74 Å². The van der Waals surface area contributed by atoms with Gasteiger partial charge in [0.25, 0.3) is 5.56 Å². The Morgan fingerprint density at radius 2 is 2.06 bits per heavy atom. The number of rotatable bonds is 5. The first-order valence-electron chi connectivity index (χ1n) is 9.94. The van der Waals surface area contributed by atoms with E-state index in [2.05, 4.69) is 26.3 Å². The van der Waals surface area contributed by atoms with E-state index in [1.807, 2.05) is 0 Å². The van der Waals surface area contributed by atoms with Gasteiger partial charge in [-0.15, -0.1) is 16.4 Å². The van der Waals surface area contributed by atoms with Crippen LogP contribution in [-0.2, 0) is 13.6 Å². The summed E-state index contributed by atoms with van der Waals surface area (Å²) in [4.78, 5) is 36.1. The molecule has 0 spiro atoms. The van der Waals surface area contributed by atoms with Gasteiger partial charge in [-0.05, 0) is 12.1 Å². The molecule has 0 saturated carbocycles. The van der Waals surface area contributed by atoms with E-state index in [1.165, 1.54) is 46.3 Å². The largest absolute Gasteiger partial charge is 0.495 e. The van der Waals surface area contributed by atoms with Crippen molar-refractivity contribution < 1.29 is 4.74 Å². The van der Waals surface area contributed by atoms with Crippen LogP contribution in [0.5, 0.6) is 5.75 Å². The first-order chi connectivity index (χ1) is 16.4. The van der Waals surface area contributed by atoms with Gasteiger partial charge >= 0.3 is 5.69 Å². The molecular formula is C21H15ClN8O3S. The van der Waals surface area contributed by atoms with E-state index >= 15 is 0 Å². The van der Waals surface area contributed by atoms with E-state index in [9.17, 15) is 9.59 Å². The molecule has 5 heterocycles. The van der Waals surface area contributed by atoms with Crippen molar-refractivity contribution in [3.8, 4) is 27.9 Å². The molecule has 0 saturated heterocycles. The number of pyridine rings is 2. The van der Waals surface area contributed by atoms with Gasteiger partial charge in [0.15, 0.2) is 0 Å². The number of nitriles is 1. The minimum absolute atomic E-state index is 0.0789. The summed E-state index contributed by atoms with van der Waals surface area (Å²) in [6.45, 7) is 0.0966. The number of hydrogen-bond donors (Lipinski definition) is 0. The number of aromatic nitrogens is 7. The number of nitrogens with zero attached hydrogens (tertiary/aromatic N) is 8. The van der Waals surface area contributed by atoms with Crippen LogP contribution in [0.2, 0.25) is 5.15 Å². The maximum atomic E-state index is 13.6. The number of halogens is 1. The van der Waals surface area contributed by atoms with Gasteiger partial charge in [-0.25, -0.2) is 19.0 Å². The molecule has 0 fully saturated rings. The van der Waals surface area contributed by atoms with Crippen LogP contribution in [0.15, 0.2) is 40.3 Å². The van der Waals surface area contributed by atoms with Crippen LogP contribution in [0.25, 0.3) is 37.4 Å². The standard InChI is InChI=1S/C21H15ClN8O3S/c1-28-17-13(26-27-28)9-24-10-15(17)30-20(31)18-14(29(21(30)32)5-3-4-23)7-16(34-18)12-6-11(33-2)8-25-19(12)22/h6-10H,3,5H2,1-2H3. The fraction of sp³-hybridized carbons (Fsp3) is 0.190. The van der Waals surface area contributed by atoms with Crippen LogP contribution in [-0.4, -0.2) is 41.2 Å². The Labute approximate surface area is 200 Å². The first kappa shape index (κ1) is 21.7. The topological polar surface area (TPSA) is 134 Å². The highest BCUT2D eigenvalue weighted by atomic mass is 35.5. The van der Waals surface area contributed by atoms with Crippen LogP contribution < -0.4 is 16.0 Å². The molecule has 34 heavy (non-hydrogen) atoms. The van der Waals surface area contributed by atoms with E-state index in [1.54, 1.807) is 19.2 Å². The number of fused-ring (bicyclic) bond motifs is 2. The summed E-state index contributed by atoms with van der Waals surface area (Å²) in [5, 5.41) is 17.4. The zero-order valence-electron chi connectivity index (χ0n) is 17.9. The monoisotopic (exact) mass is 494 g/mol. The highest BCUT2D eigenvalue weighted by Gasteiger charge is 2.22. The van der Waals surface area contributed by atoms with E-state index in [-0.39, 0.29) is 23.8 Å². The molecule has 0 unspecified atom stereocenters. The summed E-state index contributed by atoms with van der Waals surface area (Å²) in [6, 6.07) is 5.47. The van der Waals surface area contributed by atoms with Crippen LogP contribution in [0.3, 0.4) is 0 Å². The van der Waals surface area contributed by atoms with Crippen LogP contribution in [0.4, 0.5) is 0 Å². The van der Waals surface area contributed by atoms with Crippen molar-refractivity contribution in [2.24, 2.45) is 7.05 Å². The average Bonchev–Trinajstić information content (AvgIpc) is 3.44. The van der Waals surface area contributed by atoms with Gasteiger partial charge in [0, 0.05) is 24.0 Å². The molecule has 11 nitrogen and oxygen atoms in total. The Balaban J connectivity index is 1.86. The Hall–Kier alpha value is -4.08. The molecule has 13 heteroatoms. The number of aryl methyl sites for hydroxylation is 2. The average molecular weight is 495 g/mol. The molecule has 0 atom stereocenters. The summed E-state index contributed by atoms with van der Waals surface area (Å²) in [5.41, 5.74) is 1.03. The lowest BCUT2D eigenvalue weighted by Crippen LogP contribution is -2.38. The summed E-state index contributed by atoms with van der Waals surface area (Å²) >= 11 is 7.50. The molecule has 5 rings (SSSR count). The third-order valence-electron chi connectivity index (χ3n) is 5.32. The van der Waals surface area contributed by atoms with Crippen molar-refractivity contribution in [3.05, 3.63) is 56.7 Å². The third kappa shape index (κ3) is 3.33. The van der Waals surface area contributed by atoms with Gasteiger partial charge in [-0.2, -0.15) is 5.26 Å². The Morgan fingerprint density at radius 3 is 2.82 bits per heavy atom. The van der Waals surface area contributed by atoms with Crippen LogP contribution in [0.1, 0.15) is 6.42 Å². The molecule has 170 valence electrons. The van der Waals surface area contributed by atoms with E-state index in [4.69, 9.17) is 21.6 Å². The van der Waals surface area contributed by atoms with E-state index in [0.717, 1.165) is 4.57 Å². The molecule has 5 aromatic heterocycles. The van der Waals surface area contributed by atoms with Crippen molar-refractivity contribution in [2.75, 3.05) is 7.11 Å². The van der Waals surface area contributed by atoms with Crippen molar-refractivity contribution in [1.29, 1.82) is 5.26 Å². The molecule has 0 aliphatic carbocycles. The van der Waals surface area contributed by atoms with Gasteiger partial charge in [0.2, 0.25) is 0 Å². The number of methoxy groups -OCH3 is 1. The van der Waals surface area contributed by atoms with Crippen LogP contribution in [0, 0.1) is 11.3 Å². The van der Waals surface area contributed by atoms with Crippen molar-refractivity contribution in [1.82, 2.24) is 34.1 Å². The van der Waals surface area contributed by atoms with Crippen molar-refractivity contribution in [2.45, 2.75) is 13.0 Å². The molecule has 0 N–H and O–H groups in total. The fourth-order valence-corrected chi connectivity index (χ4v) is 5.11. The lowest BCUT2D eigenvalue weighted by atomic mass is 10.2. The lowest BCUT2D eigenvalue weighted by molar-refractivity contribution is 0.413. The second-order valence-corrected chi connectivity index (χ2v) is 8.67. The fourth-order valence-electron chi connectivity index (χ4n) is 3.74. The Morgan fingerprint density at radius 1 is 1.24 bits per heavy atom. The van der Waals surface area contributed by atoms with Crippen molar-refractivity contribution in [3.63, 3.8) is 0 Å². The Bertz CT molecular complexity index is 1740. The predicted molar refractivity (Wildman–Crippen MR) is 127 cm³/mol. The first-order valence-corrected chi connectivity index (χ1v) is 11.1. The second-order valence-electron chi connectivity index (χ2n) is 7.26. The molecule has 0 aliphatic rings. The molecule has 0 bridgehead atoms. The SMILES string of the molecule is COc1cnc(Cl)c(-c2cc3c(s2)c(=O)n(-c2cncc4nnn(C)c24)c(=O)n3CCC#N)c1. The molecule has 5 aromatic rings. The van der Waals surface area contributed by atoms with Crippen molar-refractivity contribution >= 4 is 44.2 Å². The zero-order chi connectivity index (χ0) is 24.0. The molecule has 0 radical (unpaired) electrons. The maximum absolute atomic E-state index is 13.6. The van der Waals surface area contributed by atoms with E-state index < -0.39 is 11.2 Å². The van der Waals surface area contributed by atoms with Gasteiger partial charge in [0.1, 0.15) is 26.6 Å². The van der Waals surface area contributed by atoms with Gasteiger partial charge in [-0.1, -0.05) is 16.8 Å². The number of ether oxygens (including phenoxy) is 1. The maximum Gasteiger partial charge on any atom is 0.336 e. The molecule has 0 aromatic carbocycles. The number of thiophene rings is 1. The molecular weight excluding hydrogens is 480 g/mol. The highest BCUT2D eigenvalue weighted by Crippen LogP contribution is 2.36. The summed E-state index contributed by atoms with van der Waals surface area (Å²) in [5.74, 6) is 0.498. The lowest BCUT2D eigenvalue weighted by Gasteiger charge is -2.11. The predicted octanol–water partition coefficient (Wildman–Crippen LogP) is 2.53. The zero-order valence-corrected chi connectivity index (χ0v) is 19.5. The molecule has 0 amide bonds. The smallest absolute Gasteiger partial charge is 0.336 e. The summed E-state index contributed by atoms with van der Waals surface area (Å²) in [7, 11) is 3.18. The Kier molecular flexibility index (Phi) is 5.35. The minimum Gasteiger partial charge on any atom is -0.495 e. The highest BCUT2D eigenvalue weighted by molar-refractivity contribution is 7.22. The van der Waals surface area contributed by atoms with Crippen LogP contribution >= 0.6 is 22.9 Å². The quantitative estimate of drug-likeness (QED) is 0.340. The normalized spacial score (nSPS) is 11.2. The number of hydrogen-bond acceptors (Lipinski definition) is 9. The third-order valence-corrected chi connectivity index (χ3v) is 6.76. The summed E-state index contributed by atoms with van der Waals surface area (Å²) in [6.07, 6.45) is 4.50. The van der Waals surface area contributed by atoms with Gasteiger partial charge in [0.05, 0.1) is 49.4 Å². The molecule has 0 aliphatic heterocycles. The second kappa shape index (κ2) is 8.36.